The summed E-state index contributed by atoms with van der Waals surface area (Å²) in [6.07, 6.45) is 1.07. The SMILES string of the molecule is CCCNCc1cc(-c2ccc(OC)c(F)c2)ccc1Cl. The molecule has 0 aliphatic rings. The van der Waals surface area contributed by atoms with Gasteiger partial charge in [0.1, 0.15) is 0 Å². The van der Waals surface area contributed by atoms with Crippen molar-refractivity contribution in [3.05, 3.63) is 52.8 Å². The standard InChI is InChI=1S/C17H19ClFNO/c1-3-8-20-11-14-9-12(4-6-15(14)18)13-5-7-17(21-2)16(19)10-13/h4-7,9-10,20H,3,8,11H2,1-2H3. The summed E-state index contributed by atoms with van der Waals surface area (Å²) >= 11 is 6.21. The van der Waals surface area contributed by atoms with Crippen molar-refractivity contribution in [2.24, 2.45) is 0 Å². The van der Waals surface area contributed by atoms with Crippen LogP contribution in [-0.2, 0) is 6.54 Å². The van der Waals surface area contributed by atoms with Crippen LogP contribution in [0.2, 0.25) is 5.02 Å². The molecule has 0 saturated heterocycles. The Balaban J connectivity index is 2.27. The molecule has 0 aliphatic carbocycles. The minimum Gasteiger partial charge on any atom is -0.494 e. The Bertz CT molecular complexity index is 616. The molecule has 112 valence electrons. The summed E-state index contributed by atoms with van der Waals surface area (Å²) in [4.78, 5) is 0. The van der Waals surface area contributed by atoms with E-state index in [1.54, 1.807) is 6.07 Å². The number of rotatable bonds is 6. The third-order valence-electron chi connectivity index (χ3n) is 3.27. The van der Waals surface area contributed by atoms with E-state index >= 15 is 0 Å². The number of halogens is 2. The Morgan fingerprint density at radius 1 is 1.14 bits per heavy atom. The molecule has 2 aromatic rings. The van der Waals surface area contributed by atoms with E-state index in [0.717, 1.165) is 34.7 Å². The molecular formula is C17H19ClFNO. The molecule has 1 N–H and O–H groups in total. The number of hydrogen-bond donors (Lipinski definition) is 1. The molecule has 0 saturated carbocycles. The second-order valence-electron chi connectivity index (χ2n) is 4.83. The number of benzene rings is 2. The first-order valence-corrected chi connectivity index (χ1v) is 7.36. The van der Waals surface area contributed by atoms with Crippen LogP contribution in [0.1, 0.15) is 18.9 Å². The van der Waals surface area contributed by atoms with Gasteiger partial charge in [-0.15, -0.1) is 0 Å². The third-order valence-corrected chi connectivity index (χ3v) is 3.64. The summed E-state index contributed by atoms with van der Waals surface area (Å²) in [7, 11) is 1.46. The summed E-state index contributed by atoms with van der Waals surface area (Å²) in [5, 5.41) is 4.04. The van der Waals surface area contributed by atoms with E-state index in [2.05, 4.69) is 12.2 Å². The predicted molar refractivity (Wildman–Crippen MR) is 85.4 cm³/mol. The Morgan fingerprint density at radius 3 is 2.52 bits per heavy atom. The molecule has 0 atom stereocenters. The van der Waals surface area contributed by atoms with Crippen LogP contribution in [0.15, 0.2) is 36.4 Å². The quantitative estimate of drug-likeness (QED) is 0.784. The van der Waals surface area contributed by atoms with E-state index in [1.807, 2.05) is 24.3 Å². The summed E-state index contributed by atoms with van der Waals surface area (Å²) < 4.78 is 18.7. The number of nitrogens with one attached hydrogen (secondary N) is 1. The summed E-state index contributed by atoms with van der Waals surface area (Å²) in [5.41, 5.74) is 2.76. The van der Waals surface area contributed by atoms with Crippen molar-refractivity contribution >= 4 is 11.6 Å². The zero-order valence-electron chi connectivity index (χ0n) is 12.2. The molecular weight excluding hydrogens is 289 g/mol. The maximum absolute atomic E-state index is 13.8. The summed E-state index contributed by atoms with van der Waals surface area (Å²) in [6.45, 7) is 3.77. The van der Waals surface area contributed by atoms with Crippen LogP contribution in [0.4, 0.5) is 4.39 Å². The minimum absolute atomic E-state index is 0.248. The fourth-order valence-electron chi connectivity index (χ4n) is 2.14. The lowest BCUT2D eigenvalue weighted by atomic mass is 10.0. The molecule has 0 aromatic heterocycles. The maximum atomic E-state index is 13.8. The predicted octanol–water partition coefficient (Wildman–Crippen LogP) is 4.65. The zero-order chi connectivity index (χ0) is 15.2. The smallest absolute Gasteiger partial charge is 0.165 e. The first-order chi connectivity index (χ1) is 10.2. The molecule has 0 spiro atoms. The molecule has 0 heterocycles. The third kappa shape index (κ3) is 3.96. The molecule has 0 bridgehead atoms. The van der Waals surface area contributed by atoms with Crippen molar-refractivity contribution in [3.8, 4) is 16.9 Å². The second-order valence-corrected chi connectivity index (χ2v) is 5.24. The van der Waals surface area contributed by atoms with Gasteiger partial charge in [0.25, 0.3) is 0 Å². The Kier molecular flexibility index (Phi) is 5.59. The number of ether oxygens (including phenoxy) is 1. The van der Waals surface area contributed by atoms with Crippen molar-refractivity contribution in [1.29, 1.82) is 0 Å². The van der Waals surface area contributed by atoms with Crippen LogP contribution < -0.4 is 10.1 Å². The fraction of sp³-hybridized carbons (Fsp3) is 0.294. The largest absolute Gasteiger partial charge is 0.494 e. The van der Waals surface area contributed by atoms with Crippen LogP contribution in [0, 0.1) is 5.82 Å². The Hall–Kier alpha value is -1.58. The Morgan fingerprint density at radius 2 is 1.86 bits per heavy atom. The minimum atomic E-state index is -0.365. The van der Waals surface area contributed by atoms with Crippen LogP contribution in [0.3, 0.4) is 0 Å². The van der Waals surface area contributed by atoms with E-state index in [1.165, 1.54) is 13.2 Å². The summed E-state index contributed by atoms with van der Waals surface area (Å²) in [5.74, 6) is -0.117. The topological polar surface area (TPSA) is 21.3 Å². The van der Waals surface area contributed by atoms with E-state index < -0.39 is 0 Å². The van der Waals surface area contributed by atoms with Gasteiger partial charge in [0.05, 0.1) is 7.11 Å². The van der Waals surface area contributed by atoms with Gasteiger partial charge in [0, 0.05) is 11.6 Å². The highest BCUT2D eigenvalue weighted by atomic mass is 35.5. The molecule has 0 amide bonds. The highest BCUT2D eigenvalue weighted by Gasteiger charge is 2.07. The van der Waals surface area contributed by atoms with Gasteiger partial charge in [-0.3, -0.25) is 0 Å². The van der Waals surface area contributed by atoms with E-state index in [0.29, 0.717) is 6.54 Å². The van der Waals surface area contributed by atoms with Gasteiger partial charge in [0.15, 0.2) is 11.6 Å². The molecule has 2 aromatic carbocycles. The lowest BCUT2D eigenvalue weighted by Crippen LogP contribution is -2.14. The number of hydrogen-bond acceptors (Lipinski definition) is 2. The van der Waals surface area contributed by atoms with Gasteiger partial charge in [0.2, 0.25) is 0 Å². The molecule has 0 fully saturated rings. The fourth-order valence-corrected chi connectivity index (χ4v) is 2.32. The molecule has 2 rings (SSSR count). The van der Waals surface area contributed by atoms with E-state index in [4.69, 9.17) is 16.3 Å². The van der Waals surface area contributed by atoms with Crippen molar-refractivity contribution in [1.82, 2.24) is 5.32 Å². The highest BCUT2D eigenvalue weighted by Crippen LogP contribution is 2.28. The van der Waals surface area contributed by atoms with E-state index in [-0.39, 0.29) is 11.6 Å². The second kappa shape index (κ2) is 7.43. The molecule has 21 heavy (non-hydrogen) atoms. The molecule has 0 aliphatic heterocycles. The average Bonchev–Trinajstić information content (AvgIpc) is 2.49. The normalized spacial score (nSPS) is 10.7. The van der Waals surface area contributed by atoms with Crippen LogP contribution in [-0.4, -0.2) is 13.7 Å². The summed E-state index contributed by atoms with van der Waals surface area (Å²) in [6, 6.07) is 10.7. The van der Waals surface area contributed by atoms with Gasteiger partial charge >= 0.3 is 0 Å². The van der Waals surface area contributed by atoms with Gasteiger partial charge in [-0.1, -0.05) is 30.7 Å². The lowest BCUT2D eigenvalue weighted by Gasteiger charge is -2.10. The van der Waals surface area contributed by atoms with Crippen LogP contribution in [0.5, 0.6) is 5.75 Å². The highest BCUT2D eigenvalue weighted by molar-refractivity contribution is 6.31. The monoisotopic (exact) mass is 307 g/mol. The molecule has 0 radical (unpaired) electrons. The van der Waals surface area contributed by atoms with Gasteiger partial charge < -0.3 is 10.1 Å². The van der Waals surface area contributed by atoms with Crippen LogP contribution in [0.25, 0.3) is 11.1 Å². The van der Waals surface area contributed by atoms with Crippen molar-refractivity contribution in [3.63, 3.8) is 0 Å². The van der Waals surface area contributed by atoms with E-state index in [9.17, 15) is 4.39 Å². The maximum Gasteiger partial charge on any atom is 0.165 e. The van der Waals surface area contributed by atoms with Crippen molar-refractivity contribution in [2.75, 3.05) is 13.7 Å². The first-order valence-electron chi connectivity index (χ1n) is 6.98. The van der Waals surface area contributed by atoms with Gasteiger partial charge in [-0.05, 0) is 53.9 Å². The Labute approximate surface area is 129 Å². The number of methoxy groups -OCH3 is 1. The molecule has 4 heteroatoms. The first kappa shape index (κ1) is 15.8. The molecule has 2 nitrogen and oxygen atoms in total. The molecule has 0 unspecified atom stereocenters. The zero-order valence-corrected chi connectivity index (χ0v) is 13.0. The average molecular weight is 308 g/mol. The lowest BCUT2D eigenvalue weighted by molar-refractivity contribution is 0.386. The van der Waals surface area contributed by atoms with Crippen molar-refractivity contribution < 1.29 is 9.13 Å². The van der Waals surface area contributed by atoms with Gasteiger partial charge in [-0.25, -0.2) is 4.39 Å². The van der Waals surface area contributed by atoms with Crippen LogP contribution >= 0.6 is 11.6 Å². The van der Waals surface area contributed by atoms with Crippen molar-refractivity contribution in [2.45, 2.75) is 19.9 Å². The van der Waals surface area contributed by atoms with Gasteiger partial charge in [-0.2, -0.15) is 0 Å².